The van der Waals surface area contributed by atoms with Crippen molar-refractivity contribution in [2.75, 3.05) is 6.54 Å². The van der Waals surface area contributed by atoms with Gasteiger partial charge in [-0.1, -0.05) is 25.7 Å². The van der Waals surface area contributed by atoms with E-state index in [-0.39, 0.29) is 5.92 Å². The molecule has 2 saturated carbocycles. The highest BCUT2D eigenvalue weighted by Gasteiger charge is 2.36. The fraction of sp³-hybridized carbons (Fsp3) is 0.941. The number of hydrogen-bond donors (Lipinski definition) is 3. The Morgan fingerprint density at radius 1 is 1.14 bits per heavy atom. The Kier molecular flexibility index (Phi) is 6.06. The van der Waals surface area contributed by atoms with Crippen LogP contribution in [0.2, 0.25) is 0 Å². The summed E-state index contributed by atoms with van der Waals surface area (Å²) in [5, 5.41) is 23.2. The number of aliphatic carboxylic acids is 1. The van der Waals surface area contributed by atoms with Crippen molar-refractivity contribution < 1.29 is 15.0 Å². The third kappa shape index (κ3) is 4.96. The number of carboxylic acids is 1. The molecule has 4 heteroatoms. The standard InChI is InChI=1S/C17H31NO3/c1-13(14-6-4-2-3-5-7-14)18-12-17(21)10-8-15(9-11-17)16(19)20/h13-15,18,21H,2-12H2,1H3,(H,19,20)/t13-,15?,17?/m1/s1. The van der Waals surface area contributed by atoms with Crippen LogP contribution in [0.25, 0.3) is 0 Å². The van der Waals surface area contributed by atoms with Gasteiger partial charge in [-0.15, -0.1) is 0 Å². The molecule has 3 N–H and O–H groups in total. The van der Waals surface area contributed by atoms with E-state index in [9.17, 15) is 9.90 Å². The van der Waals surface area contributed by atoms with Crippen LogP contribution < -0.4 is 5.32 Å². The molecule has 0 aromatic heterocycles. The number of hydrogen-bond acceptors (Lipinski definition) is 3. The van der Waals surface area contributed by atoms with Crippen LogP contribution in [0.4, 0.5) is 0 Å². The molecule has 2 rings (SSSR count). The zero-order valence-corrected chi connectivity index (χ0v) is 13.3. The molecule has 1 atom stereocenters. The van der Waals surface area contributed by atoms with Gasteiger partial charge in [-0.3, -0.25) is 4.79 Å². The molecule has 0 aromatic carbocycles. The van der Waals surface area contributed by atoms with E-state index in [1.807, 2.05) is 0 Å². The van der Waals surface area contributed by atoms with Crippen LogP contribution in [0, 0.1) is 11.8 Å². The molecular weight excluding hydrogens is 266 g/mol. The first kappa shape index (κ1) is 16.8. The number of nitrogens with one attached hydrogen (secondary N) is 1. The topological polar surface area (TPSA) is 69.6 Å². The summed E-state index contributed by atoms with van der Waals surface area (Å²) in [6.45, 7) is 2.85. The summed E-state index contributed by atoms with van der Waals surface area (Å²) < 4.78 is 0. The van der Waals surface area contributed by atoms with Gasteiger partial charge >= 0.3 is 5.97 Å². The van der Waals surface area contributed by atoms with Crippen LogP contribution in [0.5, 0.6) is 0 Å². The van der Waals surface area contributed by atoms with Crippen molar-refractivity contribution in [3.8, 4) is 0 Å². The first-order valence-electron chi connectivity index (χ1n) is 8.69. The molecule has 0 radical (unpaired) electrons. The Labute approximate surface area is 128 Å². The van der Waals surface area contributed by atoms with Crippen LogP contribution in [0.3, 0.4) is 0 Å². The highest BCUT2D eigenvalue weighted by molar-refractivity contribution is 5.70. The van der Waals surface area contributed by atoms with Crippen molar-refractivity contribution in [2.45, 2.75) is 82.8 Å². The van der Waals surface area contributed by atoms with Gasteiger partial charge in [-0.05, 0) is 51.4 Å². The Hall–Kier alpha value is -0.610. The lowest BCUT2D eigenvalue weighted by atomic mass is 9.78. The van der Waals surface area contributed by atoms with E-state index in [4.69, 9.17) is 5.11 Å². The zero-order valence-electron chi connectivity index (χ0n) is 13.3. The molecule has 21 heavy (non-hydrogen) atoms. The van der Waals surface area contributed by atoms with E-state index in [0.29, 0.717) is 38.3 Å². The average molecular weight is 297 g/mol. The third-order valence-corrected chi connectivity index (χ3v) is 5.63. The van der Waals surface area contributed by atoms with Crippen LogP contribution in [0.15, 0.2) is 0 Å². The molecule has 2 fully saturated rings. The van der Waals surface area contributed by atoms with Gasteiger partial charge < -0.3 is 15.5 Å². The Morgan fingerprint density at radius 2 is 1.71 bits per heavy atom. The largest absolute Gasteiger partial charge is 0.481 e. The number of carbonyl (C=O) groups is 1. The first-order valence-corrected chi connectivity index (χ1v) is 8.69. The molecular formula is C17H31NO3. The summed E-state index contributed by atoms with van der Waals surface area (Å²) in [7, 11) is 0. The van der Waals surface area contributed by atoms with E-state index in [2.05, 4.69) is 12.2 Å². The molecule has 0 saturated heterocycles. The van der Waals surface area contributed by atoms with Crippen LogP contribution in [-0.4, -0.2) is 34.4 Å². The van der Waals surface area contributed by atoms with Gasteiger partial charge in [0.05, 0.1) is 11.5 Å². The smallest absolute Gasteiger partial charge is 0.306 e. The lowest BCUT2D eigenvalue weighted by Crippen LogP contribution is -2.48. The van der Waals surface area contributed by atoms with Gasteiger partial charge in [0.25, 0.3) is 0 Å². The van der Waals surface area contributed by atoms with Crippen LogP contribution in [0.1, 0.15) is 71.1 Å². The van der Waals surface area contributed by atoms with E-state index < -0.39 is 11.6 Å². The second kappa shape index (κ2) is 7.59. The van der Waals surface area contributed by atoms with Gasteiger partial charge in [-0.25, -0.2) is 0 Å². The molecule has 2 aliphatic carbocycles. The second-order valence-electron chi connectivity index (χ2n) is 7.26. The molecule has 0 spiro atoms. The predicted octanol–water partition coefficient (Wildman–Crippen LogP) is 2.94. The Balaban J connectivity index is 1.75. The van der Waals surface area contributed by atoms with Crippen molar-refractivity contribution >= 4 is 5.97 Å². The van der Waals surface area contributed by atoms with Gasteiger partial charge in [0.15, 0.2) is 0 Å². The molecule has 0 aliphatic heterocycles. The van der Waals surface area contributed by atoms with Crippen LogP contribution in [-0.2, 0) is 4.79 Å². The number of carboxylic acid groups (broad SMARTS) is 1. The molecule has 4 nitrogen and oxygen atoms in total. The summed E-state index contributed by atoms with van der Waals surface area (Å²) in [5.41, 5.74) is -0.703. The molecule has 2 aliphatic rings. The van der Waals surface area contributed by atoms with E-state index in [0.717, 1.165) is 5.92 Å². The highest BCUT2D eigenvalue weighted by Crippen LogP contribution is 2.32. The lowest BCUT2D eigenvalue weighted by molar-refractivity contribution is -0.144. The van der Waals surface area contributed by atoms with Crippen molar-refractivity contribution in [3.63, 3.8) is 0 Å². The minimum atomic E-state index is -0.711. The minimum absolute atomic E-state index is 0.260. The number of aliphatic hydroxyl groups is 1. The molecule has 0 bridgehead atoms. The summed E-state index contributed by atoms with van der Waals surface area (Å²) >= 11 is 0. The summed E-state index contributed by atoms with van der Waals surface area (Å²) in [6, 6.07) is 0.448. The third-order valence-electron chi connectivity index (χ3n) is 5.63. The quantitative estimate of drug-likeness (QED) is 0.682. The number of rotatable bonds is 5. The van der Waals surface area contributed by atoms with Crippen molar-refractivity contribution in [2.24, 2.45) is 11.8 Å². The first-order chi connectivity index (χ1) is 10.0. The SMILES string of the molecule is C[C@@H](NCC1(O)CCC(C(=O)O)CC1)C1CCCCCC1. The van der Waals surface area contributed by atoms with E-state index in [1.165, 1.54) is 38.5 Å². The average Bonchev–Trinajstić information content (AvgIpc) is 2.74. The van der Waals surface area contributed by atoms with Crippen molar-refractivity contribution in [1.29, 1.82) is 0 Å². The Bertz CT molecular complexity index is 329. The lowest BCUT2D eigenvalue weighted by Gasteiger charge is -2.36. The van der Waals surface area contributed by atoms with Crippen LogP contribution >= 0.6 is 0 Å². The maximum absolute atomic E-state index is 11.0. The molecule has 0 unspecified atom stereocenters. The highest BCUT2D eigenvalue weighted by atomic mass is 16.4. The van der Waals surface area contributed by atoms with E-state index >= 15 is 0 Å². The monoisotopic (exact) mass is 297 g/mol. The summed E-state index contributed by atoms with van der Waals surface area (Å²) in [4.78, 5) is 11.0. The molecule has 0 aromatic rings. The van der Waals surface area contributed by atoms with Gasteiger partial charge in [-0.2, -0.15) is 0 Å². The van der Waals surface area contributed by atoms with Gasteiger partial charge in [0, 0.05) is 12.6 Å². The van der Waals surface area contributed by atoms with E-state index in [1.54, 1.807) is 0 Å². The summed E-state index contributed by atoms with van der Waals surface area (Å²) in [6.07, 6.45) is 10.4. The normalized spacial score (nSPS) is 33.3. The maximum atomic E-state index is 11.0. The van der Waals surface area contributed by atoms with Crippen molar-refractivity contribution in [3.05, 3.63) is 0 Å². The molecule has 0 amide bonds. The van der Waals surface area contributed by atoms with Crippen molar-refractivity contribution in [1.82, 2.24) is 5.32 Å². The zero-order chi connectivity index (χ0) is 15.3. The predicted molar refractivity (Wildman–Crippen MR) is 83.2 cm³/mol. The Morgan fingerprint density at radius 3 is 2.24 bits per heavy atom. The summed E-state index contributed by atoms with van der Waals surface area (Å²) in [5.74, 6) is -0.243. The second-order valence-corrected chi connectivity index (χ2v) is 7.26. The fourth-order valence-electron chi connectivity index (χ4n) is 3.91. The fourth-order valence-corrected chi connectivity index (χ4v) is 3.91. The molecule has 122 valence electrons. The molecule has 0 heterocycles. The minimum Gasteiger partial charge on any atom is -0.481 e. The van der Waals surface area contributed by atoms with Gasteiger partial charge in [0.1, 0.15) is 0 Å². The van der Waals surface area contributed by atoms with Gasteiger partial charge in [0.2, 0.25) is 0 Å². The maximum Gasteiger partial charge on any atom is 0.306 e.